The molecule has 1 aliphatic carbocycles. The highest BCUT2D eigenvalue weighted by atomic mass is 32.2. The summed E-state index contributed by atoms with van der Waals surface area (Å²) in [5, 5.41) is 0.492. The summed E-state index contributed by atoms with van der Waals surface area (Å²) in [4.78, 5) is 4.61. The quantitative estimate of drug-likeness (QED) is 0.0949. The minimum absolute atomic E-state index is 0.0125. The Hall–Kier alpha value is -3.47. The molecule has 1 atom stereocenters. The molecule has 1 aliphatic heterocycles. The molecule has 42 heavy (non-hydrogen) atoms. The maximum absolute atomic E-state index is 15.8. The number of hydrogen-bond donors (Lipinski definition) is 0. The fourth-order valence-corrected chi connectivity index (χ4v) is 5.80. The van der Waals surface area contributed by atoms with Crippen LogP contribution in [0.25, 0.3) is 33.4 Å². The molecule has 0 N–H and O–H groups in total. The minimum atomic E-state index is -6.36. The number of fused-ring (bicyclic) bond motifs is 2. The molecule has 226 valence electrons. The van der Waals surface area contributed by atoms with Gasteiger partial charge < -0.3 is 8.60 Å². The van der Waals surface area contributed by atoms with Crippen LogP contribution in [-0.2, 0) is 10.1 Å². The van der Waals surface area contributed by atoms with Crippen LogP contribution in [0.5, 0.6) is 5.75 Å². The second-order valence-corrected chi connectivity index (χ2v) is 13.2. The van der Waals surface area contributed by atoms with Gasteiger partial charge in [0.2, 0.25) is 11.6 Å². The Morgan fingerprint density at radius 1 is 1.00 bits per heavy atom. The lowest BCUT2D eigenvalue weighted by atomic mass is 9.81. The summed E-state index contributed by atoms with van der Waals surface area (Å²) in [5.41, 5.74) is -2.47. The van der Waals surface area contributed by atoms with E-state index in [0.717, 1.165) is 29.2 Å². The number of hydrogen-bond acceptors (Lipinski definition) is 5. The molecule has 0 bridgehead atoms. The number of halogens is 5. The Morgan fingerprint density at radius 2 is 1.67 bits per heavy atom. The van der Waals surface area contributed by atoms with Gasteiger partial charge in [-0.3, -0.25) is 4.99 Å². The van der Waals surface area contributed by atoms with Crippen molar-refractivity contribution in [3.05, 3.63) is 70.1 Å². The van der Waals surface area contributed by atoms with Gasteiger partial charge in [-0.25, -0.2) is 4.39 Å². The Balaban J connectivity index is 2.17. The first-order valence-electron chi connectivity index (χ1n) is 13.4. The number of benzene rings is 3. The van der Waals surface area contributed by atoms with Crippen LogP contribution in [0.2, 0.25) is 0 Å². The van der Waals surface area contributed by atoms with Crippen LogP contribution in [0.15, 0.2) is 45.8 Å². The summed E-state index contributed by atoms with van der Waals surface area (Å²) in [7, 11) is -6.36. The summed E-state index contributed by atoms with van der Waals surface area (Å²) in [6, 6.07) is 9.74. The summed E-state index contributed by atoms with van der Waals surface area (Å²) < 4.78 is 103. The molecule has 2 aliphatic rings. The molecule has 11 heteroatoms. The molecule has 0 amide bonds. The fraction of sp³-hybridized carbons (Fsp3) is 0.387. The normalized spacial score (nSPS) is 14.1. The second-order valence-electron chi connectivity index (χ2n) is 11.7. The van der Waals surface area contributed by atoms with E-state index in [4.69, 9.17) is 4.42 Å². The smallest absolute Gasteiger partial charge is 0.453 e. The number of aryl methyl sites for hydroxylation is 2. The number of nitrogens with zero attached hydrogens (tertiary/aromatic N) is 1. The van der Waals surface area contributed by atoms with Gasteiger partial charge in [-0.1, -0.05) is 51.5 Å². The predicted molar refractivity (Wildman–Crippen MR) is 152 cm³/mol. The summed E-state index contributed by atoms with van der Waals surface area (Å²) in [6.07, 6.45) is 0.812. The Labute approximate surface area is 241 Å². The molecule has 0 radical (unpaired) electrons. The van der Waals surface area contributed by atoms with Gasteiger partial charge in [0.1, 0.15) is 5.76 Å². The standard InChI is InChI=1S/C31H32F5NO4S/c1-8-37-24-14-25-21(12-20(24)18(4)15-30(5,6)7)26(19-10-9-16(2)11-17(19)3)22-13-23(32)29(27(33)28(22)40-25)41-42(38,39)31(34,35)36/h9-14,18H,8,15H2,1-7H3. The van der Waals surface area contributed by atoms with Gasteiger partial charge in [0.25, 0.3) is 0 Å². The van der Waals surface area contributed by atoms with Gasteiger partial charge in [0, 0.05) is 29.1 Å². The van der Waals surface area contributed by atoms with E-state index < -0.39 is 38.6 Å². The monoisotopic (exact) mass is 609 g/mol. The van der Waals surface area contributed by atoms with E-state index in [2.05, 4.69) is 36.9 Å². The molecular weight excluding hydrogens is 577 g/mol. The van der Waals surface area contributed by atoms with Crippen LogP contribution in [0, 0.1) is 30.9 Å². The zero-order valence-electron chi connectivity index (χ0n) is 24.3. The molecule has 1 heterocycles. The number of rotatable bonds is 6. The first kappa shape index (κ1) is 31.5. The van der Waals surface area contributed by atoms with Crippen molar-refractivity contribution in [1.29, 1.82) is 0 Å². The van der Waals surface area contributed by atoms with Crippen molar-refractivity contribution in [2.24, 2.45) is 10.4 Å². The third-order valence-corrected chi connectivity index (χ3v) is 7.87. The second kappa shape index (κ2) is 11.0. The van der Waals surface area contributed by atoms with E-state index in [0.29, 0.717) is 28.6 Å². The van der Waals surface area contributed by atoms with Gasteiger partial charge in [0.05, 0.1) is 5.36 Å². The minimum Gasteiger partial charge on any atom is -0.453 e. The van der Waals surface area contributed by atoms with E-state index in [1.807, 2.05) is 39.0 Å². The molecule has 1 unspecified atom stereocenters. The third kappa shape index (κ3) is 6.02. The van der Waals surface area contributed by atoms with Crippen molar-refractivity contribution in [2.45, 2.75) is 66.3 Å². The lowest BCUT2D eigenvalue weighted by molar-refractivity contribution is -0.0501. The van der Waals surface area contributed by atoms with Crippen LogP contribution in [-0.4, -0.2) is 20.5 Å². The van der Waals surface area contributed by atoms with Gasteiger partial charge in [-0.05, 0) is 67.3 Å². The van der Waals surface area contributed by atoms with E-state index in [1.165, 1.54) is 0 Å². The average Bonchev–Trinajstić information content (AvgIpc) is 2.84. The number of alkyl halides is 3. The topological polar surface area (TPSA) is 68.9 Å². The molecule has 2 aromatic carbocycles. The fourth-order valence-electron chi connectivity index (χ4n) is 5.34. The molecule has 0 aromatic heterocycles. The maximum atomic E-state index is 15.8. The molecule has 0 spiro atoms. The van der Waals surface area contributed by atoms with Crippen LogP contribution in [0.4, 0.5) is 22.0 Å². The van der Waals surface area contributed by atoms with Crippen molar-refractivity contribution in [3.63, 3.8) is 0 Å². The SMILES string of the molecule is CCN=c1cc2oc3c(F)c(OS(=O)(=O)C(F)(F)F)c(F)cc3c(-c3ccc(C)cc3C)c-2cc1C(C)CC(C)(C)C. The summed E-state index contributed by atoms with van der Waals surface area (Å²) >= 11 is 0. The largest absolute Gasteiger partial charge is 0.534 e. The first-order chi connectivity index (χ1) is 19.3. The lowest BCUT2D eigenvalue weighted by Crippen LogP contribution is -2.28. The Bertz CT molecular complexity index is 1820. The van der Waals surface area contributed by atoms with E-state index >= 15 is 8.78 Å². The van der Waals surface area contributed by atoms with E-state index in [1.54, 1.807) is 12.1 Å². The van der Waals surface area contributed by atoms with Crippen molar-refractivity contribution in [2.75, 3.05) is 6.54 Å². The molecule has 2 aromatic rings. The van der Waals surface area contributed by atoms with Crippen LogP contribution in [0.3, 0.4) is 0 Å². The molecule has 0 fully saturated rings. The molecular formula is C31H32F5NO4S. The van der Waals surface area contributed by atoms with Gasteiger partial charge in [-0.2, -0.15) is 26.0 Å². The first-order valence-corrected chi connectivity index (χ1v) is 14.8. The summed E-state index contributed by atoms with van der Waals surface area (Å²) in [5.74, 6) is -4.91. The molecule has 5 nitrogen and oxygen atoms in total. The van der Waals surface area contributed by atoms with Gasteiger partial charge in [-0.15, -0.1) is 0 Å². The third-order valence-electron chi connectivity index (χ3n) is 6.92. The summed E-state index contributed by atoms with van der Waals surface area (Å²) in [6.45, 7) is 14.4. The highest BCUT2D eigenvalue weighted by Gasteiger charge is 2.49. The van der Waals surface area contributed by atoms with E-state index in [9.17, 15) is 21.6 Å². The predicted octanol–water partition coefficient (Wildman–Crippen LogP) is 8.79. The average molecular weight is 610 g/mol. The van der Waals surface area contributed by atoms with Crippen molar-refractivity contribution in [3.8, 4) is 28.2 Å². The van der Waals surface area contributed by atoms with Gasteiger partial charge in [0.15, 0.2) is 11.4 Å². The maximum Gasteiger partial charge on any atom is 0.534 e. The molecule has 0 saturated heterocycles. The highest BCUT2D eigenvalue weighted by molar-refractivity contribution is 7.88. The van der Waals surface area contributed by atoms with E-state index in [-0.39, 0.29) is 22.5 Å². The molecule has 0 saturated carbocycles. The lowest BCUT2D eigenvalue weighted by Gasteiger charge is -2.25. The zero-order valence-corrected chi connectivity index (χ0v) is 25.2. The highest BCUT2D eigenvalue weighted by Crippen LogP contribution is 2.45. The Morgan fingerprint density at radius 3 is 2.24 bits per heavy atom. The molecule has 4 rings (SSSR count). The van der Waals surface area contributed by atoms with Crippen molar-refractivity contribution < 1.29 is 39.0 Å². The van der Waals surface area contributed by atoms with Crippen LogP contribution < -0.4 is 9.54 Å². The van der Waals surface area contributed by atoms with Crippen molar-refractivity contribution in [1.82, 2.24) is 0 Å². The van der Waals surface area contributed by atoms with Crippen LogP contribution >= 0.6 is 0 Å². The van der Waals surface area contributed by atoms with Crippen LogP contribution in [0.1, 0.15) is 63.6 Å². The van der Waals surface area contributed by atoms with Gasteiger partial charge >= 0.3 is 15.6 Å². The zero-order chi connectivity index (χ0) is 31.4. The van der Waals surface area contributed by atoms with Crippen molar-refractivity contribution >= 4 is 21.1 Å². The Kier molecular flexibility index (Phi) is 8.23.